The maximum absolute atomic E-state index is 11.9. The molecule has 1 heterocycles. The van der Waals surface area contributed by atoms with Gasteiger partial charge in [-0.15, -0.1) is 0 Å². The molecular weight excluding hydrogens is 291 g/mol. The van der Waals surface area contributed by atoms with Gasteiger partial charge in [0.1, 0.15) is 0 Å². The molecule has 3 nitrogen and oxygen atoms in total. The van der Waals surface area contributed by atoms with Crippen molar-refractivity contribution in [3.63, 3.8) is 0 Å². The quantitative estimate of drug-likeness (QED) is 0.879. The van der Waals surface area contributed by atoms with E-state index in [1.54, 1.807) is 18.2 Å². The van der Waals surface area contributed by atoms with Gasteiger partial charge in [0, 0.05) is 22.6 Å². The Hall–Kier alpha value is -0.580. The van der Waals surface area contributed by atoms with Crippen LogP contribution in [0.15, 0.2) is 22.7 Å². The lowest BCUT2D eigenvalue weighted by Gasteiger charge is -2.11. The molecule has 16 heavy (non-hydrogen) atoms. The first-order valence-electron chi connectivity index (χ1n) is 5.13. The fourth-order valence-corrected chi connectivity index (χ4v) is 2.11. The number of nitrogens with one attached hydrogen (secondary N) is 2. The number of amides is 1. The van der Waals surface area contributed by atoms with Gasteiger partial charge in [-0.25, -0.2) is 0 Å². The summed E-state index contributed by atoms with van der Waals surface area (Å²) >= 11 is 9.23. The van der Waals surface area contributed by atoms with Gasteiger partial charge in [-0.05, 0) is 47.1 Å². The van der Waals surface area contributed by atoms with E-state index in [4.69, 9.17) is 11.6 Å². The Balaban J connectivity index is 2.05. The highest BCUT2D eigenvalue weighted by Crippen LogP contribution is 2.23. The summed E-state index contributed by atoms with van der Waals surface area (Å²) in [5.74, 6) is -0.0666. The highest BCUT2D eigenvalue weighted by Gasteiger charge is 2.17. The molecule has 0 radical (unpaired) electrons. The number of hydrogen-bond acceptors (Lipinski definition) is 2. The van der Waals surface area contributed by atoms with Crippen molar-refractivity contribution in [3.05, 3.63) is 33.3 Å². The van der Waals surface area contributed by atoms with E-state index >= 15 is 0 Å². The monoisotopic (exact) mass is 302 g/mol. The number of carbonyl (C=O) groups is 1. The van der Waals surface area contributed by atoms with Crippen LogP contribution in [-0.4, -0.2) is 25.0 Å². The second-order valence-electron chi connectivity index (χ2n) is 3.79. The zero-order valence-corrected chi connectivity index (χ0v) is 10.9. The highest BCUT2D eigenvalue weighted by molar-refractivity contribution is 9.10. The van der Waals surface area contributed by atoms with E-state index in [1.165, 1.54) is 0 Å². The first-order chi connectivity index (χ1) is 7.66. The Morgan fingerprint density at radius 3 is 3.00 bits per heavy atom. The lowest BCUT2D eigenvalue weighted by Crippen LogP contribution is -2.36. The van der Waals surface area contributed by atoms with E-state index in [-0.39, 0.29) is 11.9 Å². The molecule has 86 valence electrons. The van der Waals surface area contributed by atoms with Gasteiger partial charge in [-0.1, -0.05) is 11.6 Å². The molecule has 1 aromatic carbocycles. The summed E-state index contributed by atoms with van der Waals surface area (Å²) < 4.78 is 0.799. The standard InChI is InChI=1S/C11H12BrClN2O/c12-9-2-1-7(5-10(9)13)11(16)15-8-3-4-14-6-8/h1-2,5,8,14H,3-4,6H2,(H,15,16)/t8-/m1/s1. The van der Waals surface area contributed by atoms with E-state index in [0.29, 0.717) is 10.6 Å². The third kappa shape index (κ3) is 2.75. The van der Waals surface area contributed by atoms with Crippen molar-refractivity contribution < 1.29 is 4.79 Å². The van der Waals surface area contributed by atoms with Gasteiger partial charge in [0.25, 0.3) is 5.91 Å². The number of carbonyl (C=O) groups excluding carboxylic acids is 1. The van der Waals surface area contributed by atoms with E-state index in [1.807, 2.05) is 0 Å². The molecule has 1 amide bonds. The van der Waals surface area contributed by atoms with Crippen LogP contribution < -0.4 is 10.6 Å². The summed E-state index contributed by atoms with van der Waals surface area (Å²) in [4.78, 5) is 11.9. The summed E-state index contributed by atoms with van der Waals surface area (Å²) in [6.07, 6.45) is 0.982. The predicted octanol–water partition coefficient (Wildman–Crippen LogP) is 2.19. The normalized spacial score (nSPS) is 19.8. The largest absolute Gasteiger partial charge is 0.348 e. The van der Waals surface area contributed by atoms with Crippen molar-refractivity contribution in [2.24, 2.45) is 0 Å². The summed E-state index contributed by atoms with van der Waals surface area (Å²) in [6, 6.07) is 5.44. The van der Waals surface area contributed by atoms with Crippen LogP contribution in [-0.2, 0) is 0 Å². The van der Waals surface area contributed by atoms with Crippen LogP contribution in [0.25, 0.3) is 0 Å². The minimum Gasteiger partial charge on any atom is -0.348 e. The second-order valence-corrected chi connectivity index (χ2v) is 5.05. The molecule has 1 aromatic rings. The van der Waals surface area contributed by atoms with Gasteiger partial charge in [0.05, 0.1) is 5.02 Å². The van der Waals surface area contributed by atoms with E-state index < -0.39 is 0 Å². The number of benzene rings is 1. The molecule has 2 rings (SSSR count). The molecule has 1 saturated heterocycles. The first kappa shape index (κ1) is 11.9. The van der Waals surface area contributed by atoms with E-state index in [9.17, 15) is 4.79 Å². The second kappa shape index (κ2) is 5.17. The molecule has 0 aliphatic carbocycles. The Morgan fingerprint density at radius 2 is 2.38 bits per heavy atom. The number of halogens is 2. The average molecular weight is 304 g/mol. The van der Waals surface area contributed by atoms with Crippen molar-refractivity contribution in [1.29, 1.82) is 0 Å². The van der Waals surface area contributed by atoms with Crippen LogP contribution >= 0.6 is 27.5 Å². The van der Waals surface area contributed by atoms with Gasteiger partial charge in [-0.2, -0.15) is 0 Å². The average Bonchev–Trinajstić information content (AvgIpc) is 2.74. The minimum atomic E-state index is -0.0666. The summed E-state index contributed by atoms with van der Waals surface area (Å²) in [5.41, 5.74) is 0.597. The molecule has 1 aliphatic rings. The zero-order valence-electron chi connectivity index (χ0n) is 8.59. The molecule has 1 atom stereocenters. The van der Waals surface area contributed by atoms with E-state index in [2.05, 4.69) is 26.6 Å². The van der Waals surface area contributed by atoms with Crippen LogP contribution in [0.4, 0.5) is 0 Å². The van der Waals surface area contributed by atoms with Crippen molar-refractivity contribution in [2.45, 2.75) is 12.5 Å². The van der Waals surface area contributed by atoms with Crippen LogP contribution in [0.5, 0.6) is 0 Å². The zero-order chi connectivity index (χ0) is 11.5. The summed E-state index contributed by atoms with van der Waals surface area (Å²) in [7, 11) is 0. The smallest absolute Gasteiger partial charge is 0.251 e. The van der Waals surface area contributed by atoms with Gasteiger partial charge >= 0.3 is 0 Å². The Kier molecular flexibility index (Phi) is 3.84. The molecule has 1 fully saturated rings. The van der Waals surface area contributed by atoms with Gasteiger partial charge in [0.2, 0.25) is 0 Å². The highest BCUT2D eigenvalue weighted by atomic mass is 79.9. The van der Waals surface area contributed by atoms with E-state index in [0.717, 1.165) is 24.0 Å². The van der Waals surface area contributed by atoms with Crippen molar-refractivity contribution in [3.8, 4) is 0 Å². The Morgan fingerprint density at radius 1 is 1.56 bits per heavy atom. The van der Waals surface area contributed by atoms with Crippen molar-refractivity contribution in [2.75, 3.05) is 13.1 Å². The SMILES string of the molecule is O=C(N[C@@H]1CCNC1)c1ccc(Br)c(Cl)c1. The molecule has 0 bridgehead atoms. The molecule has 1 aliphatic heterocycles. The maximum Gasteiger partial charge on any atom is 0.251 e. The Bertz CT molecular complexity index is 405. The predicted molar refractivity (Wildman–Crippen MR) is 67.9 cm³/mol. The van der Waals surface area contributed by atoms with Gasteiger partial charge < -0.3 is 10.6 Å². The van der Waals surface area contributed by atoms with Gasteiger partial charge in [0.15, 0.2) is 0 Å². The fourth-order valence-electron chi connectivity index (χ4n) is 1.68. The van der Waals surface area contributed by atoms with Crippen molar-refractivity contribution in [1.82, 2.24) is 10.6 Å². The third-order valence-electron chi connectivity index (χ3n) is 2.58. The lowest BCUT2D eigenvalue weighted by atomic mass is 10.2. The van der Waals surface area contributed by atoms with Crippen LogP contribution in [0, 0.1) is 0 Å². The first-order valence-corrected chi connectivity index (χ1v) is 6.30. The summed E-state index contributed by atoms with van der Waals surface area (Å²) in [5, 5.41) is 6.72. The lowest BCUT2D eigenvalue weighted by molar-refractivity contribution is 0.0940. The van der Waals surface area contributed by atoms with Crippen LogP contribution in [0.2, 0.25) is 5.02 Å². The molecular formula is C11H12BrClN2O. The van der Waals surface area contributed by atoms with Gasteiger partial charge in [-0.3, -0.25) is 4.79 Å². The summed E-state index contributed by atoms with van der Waals surface area (Å²) in [6.45, 7) is 1.81. The van der Waals surface area contributed by atoms with Crippen LogP contribution in [0.1, 0.15) is 16.8 Å². The maximum atomic E-state index is 11.9. The molecule has 0 spiro atoms. The topological polar surface area (TPSA) is 41.1 Å². The van der Waals surface area contributed by atoms with Crippen LogP contribution in [0.3, 0.4) is 0 Å². The third-order valence-corrected chi connectivity index (χ3v) is 3.81. The molecule has 5 heteroatoms. The molecule has 0 saturated carbocycles. The Labute approximate surface area is 108 Å². The molecule has 0 unspecified atom stereocenters. The molecule has 0 aromatic heterocycles. The number of hydrogen-bond donors (Lipinski definition) is 2. The van der Waals surface area contributed by atoms with Crippen molar-refractivity contribution >= 4 is 33.4 Å². The fraction of sp³-hybridized carbons (Fsp3) is 0.364. The minimum absolute atomic E-state index is 0.0666. The number of rotatable bonds is 2. The molecule has 2 N–H and O–H groups in total.